The monoisotopic (exact) mass is 601 g/mol. The summed E-state index contributed by atoms with van der Waals surface area (Å²) in [5.74, 6) is 1.33. The van der Waals surface area contributed by atoms with E-state index in [1.165, 1.54) is 43.5 Å². The van der Waals surface area contributed by atoms with E-state index >= 15 is 0 Å². The fourth-order valence-electron chi connectivity index (χ4n) is 5.41. The van der Waals surface area contributed by atoms with E-state index in [1.54, 1.807) is 0 Å². The molecule has 236 valence electrons. The number of hydrogen-bond acceptors (Lipinski definition) is 5. The molecule has 1 amide bonds. The molecular weight excluding hydrogens is 555 g/mol. The third-order valence-corrected chi connectivity index (χ3v) is 7.88. The molecule has 1 aliphatic heterocycles. The molecule has 2 heterocycles. The number of benzene rings is 2. The summed E-state index contributed by atoms with van der Waals surface area (Å²) in [5, 5.41) is 3.28. The Kier molecular flexibility index (Phi) is 11.3. The lowest BCUT2D eigenvalue weighted by atomic mass is 10.1. The number of piperidine rings is 1. The maximum Gasteiger partial charge on any atom is 0.573 e. The van der Waals surface area contributed by atoms with Gasteiger partial charge in [-0.1, -0.05) is 34.1 Å². The highest BCUT2D eigenvalue weighted by Gasteiger charge is 2.31. The number of halogens is 3. The highest BCUT2D eigenvalue weighted by molar-refractivity contribution is 5.98. The lowest BCUT2D eigenvalue weighted by Crippen LogP contribution is -2.34. The number of nitrogens with zero attached hydrogens (tertiary/aromatic N) is 4. The van der Waals surface area contributed by atoms with Crippen molar-refractivity contribution in [3.63, 3.8) is 0 Å². The van der Waals surface area contributed by atoms with Gasteiger partial charge in [0.25, 0.3) is 5.91 Å². The van der Waals surface area contributed by atoms with Crippen LogP contribution in [-0.4, -0.2) is 64.3 Å². The molecule has 0 bridgehead atoms. The van der Waals surface area contributed by atoms with Gasteiger partial charge in [-0.15, -0.1) is 13.2 Å². The average molecular weight is 602 g/mol. The Hall–Kier alpha value is -3.27. The van der Waals surface area contributed by atoms with Crippen molar-refractivity contribution in [3.05, 3.63) is 48.0 Å². The van der Waals surface area contributed by atoms with Gasteiger partial charge < -0.3 is 24.4 Å². The second-order valence-corrected chi connectivity index (χ2v) is 12.4. The Morgan fingerprint density at radius 3 is 2.21 bits per heavy atom. The molecule has 1 aliphatic rings. The van der Waals surface area contributed by atoms with Crippen molar-refractivity contribution in [2.45, 2.75) is 79.1 Å². The molecule has 0 atom stereocenters. The summed E-state index contributed by atoms with van der Waals surface area (Å²) >= 11 is 0. The maximum absolute atomic E-state index is 13.8. The summed E-state index contributed by atoms with van der Waals surface area (Å²) in [5.41, 5.74) is 2.84. The van der Waals surface area contributed by atoms with Gasteiger partial charge in [-0.3, -0.25) is 4.79 Å². The summed E-state index contributed by atoms with van der Waals surface area (Å²) in [6.45, 7) is 14.0. The minimum atomic E-state index is -4.74. The van der Waals surface area contributed by atoms with Crippen LogP contribution in [-0.2, 0) is 6.54 Å². The van der Waals surface area contributed by atoms with Crippen molar-refractivity contribution in [2.24, 2.45) is 11.8 Å². The quantitative estimate of drug-likeness (QED) is 0.202. The number of aromatic nitrogens is 2. The predicted molar refractivity (Wildman–Crippen MR) is 166 cm³/mol. The molecular formula is C33H46F3N5O2. The number of alkyl halides is 3. The summed E-state index contributed by atoms with van der Waals surface area (Å²) in [4.78, 5) is 23.0. The van der Waals surface area contributed by atoms with Crippen LogP contribution in [0.5, 0.6) is 5.75 Å². The van der Waals surface area contributed by atoms with Crippen molar-refractivity contribution in [2.75, 3.05) is 38.0 Å². The van der Waals surface area contributed by atoms with Crippen molar-refractivity contribution < 1.29 is 22.7 Å². The SMILES string of the molecule is CC(C)CCN(CCC(C)C)C(=O)c1ccc2nc(Nc3ccc(OC(F)(F)F)cc3)n(CCCN3CCCCC3)c2c1. The molecule has 2 aromatic carbocycles. The topological polar surface area (TPSA) is 62.6 Å². The lowest BCUT2D eigenvalue weighted by Gasteiger charge is -2.26. The molecule has 1 aromatic heterocycles. The summed E-state index contributed by atoms with van der Waals surface area (Å²) in [6.07, 6.45) is 1.79. The van der Waals surface area contributed by atoms with E-state index in [4.69, 9.17) is 4.98 Å². The molecule has 0 saturated carbocycles. The number of imidazole rings is 1. The van der Waals surface area contributed by atoms with Gasteiger partial charge in [0.15, 0.2) is 0 Å². The number of ether oxygens (including phenoxy) is 1. The van der Waals surface area contributed by atoms with Gasteiger partial charge in [0, 0.05) is 30.9 Å². The molecule has 1 fully saturated rings. The predicted octanol–water partition coefficient (Wildman–Crippen LogP) is 8.09. The van der Waals surface area contributed by atoms with Crippen LogP contribution in [0, 0.1) is 11.8 Å². The fourth-order valence-corrected chi connectivity index (χ4v) is 5.41. The Balaban J connectivity index is 1.60. The number of amides is 1. The molecule has 1 N–H and O–H groups in total. The number of nitrogens with one attached hydrogen (secondary N) is 1. The van der Waals surface area contributed by atoms with Crippen molar-refractivity contribution in [1.82, 2.24) is 19.4 Å². The number of anilines is 2. The fraction of sp³-hybridized carbons (Fsp3) is 0.576. The van der Waals surface area contributed by atoms with E-state index in [-0.39, 0.29) is 11.7 Å². The van der Waals surface area contributed by atoms with Gasteiger partial charge in [0.1, 0.15) is 5.75 Å². The van der Waals surface area contributed by atoms with E-state index in [0.29, 0.717) is 35.6 Å². The van der Waals surface area contributed by atoms with E-state index in [0.717, 1.165) is 63.0 Å². The average Bonchev–Trinajstić information content (AvgIpc) is 3.29. The van der Waals surface area contributed by atoms with E-state index in [2.05, 4.69) is 47.2 Å². The van der Waals surface area contributed by atoms with Crippen LogP contribution < -0.4 is 10.1 Å². The van der Waals surface area contributed by atoms with E-state index in [1.807, 2.05) is 23.1 Å². The minimum absolute atomic E-state index is 0.0269. The normalized spacial score (nSPS) is 14.5. The number of fused-ring (bicyclic) bond motifs is 1. The second-order valence-electron chi connectivity index (χ2n) is 12.4. The minimum Gasteiger partial charge on any atom is -0.406 e. The van der Waals surface area contributed by atoms with Crippen LogP contribution in [0.15, 0.2) is 42.5 Å². The van der Waals surface area contributed by atoms with Crippen LogP contribution in [0.25, 0.3) is 11.0 Å². The van der Waals surface area contributed by atoms with Gasteiger partial charge in [-0.25, -0.2) is 4.98 Å². The molecule has 43 heavy (non-hydrogen) atoms. The van der Waals surface area contributed by atoms with Gasteiger partial charge in [-0.2, -0.15) is 0 Å². The molecule has 1 saturated heterocycles. The molecule has 0 spiro atoms. The van der Waals surface area contributed by atoms with E-state index in [9.17, 15) is 18.0 Å². The first-order valence-electron chi connectivity index (χ1n) is 15.6. The summed E-state index contributed by atoms with van der Waals surface area (Å²) in [6, 6.07) is 11.3. The Bertz CT molecular complexity index is 1300. The molecule has 0 radical (unpaired) electrons. The first-order valence-corrected chi connectivity index (χ1v) is 15.6. The smallest absolute Gasteiger partial charge is 0.406 e. The zero-order chi connectivity index (χ0) is 31.0. The highest BCUT2D eigenvalue weighted by Crippen LogP contribution is 2.28. The Labute approximate surface area is 253 Å². The van der Waals surface area contributed by atoms with Crippen molar-refractivity contribution in [1.29, 1.82) is 0 Å². The van der Waals surface area contributed by atoms with Crippen LogP contribution in [0.1, 0.15) is 76.6 Å². The molecule has 7 nitrogen and oxygen atoms in total. The van der Waals surface area contributed by atoms with Crippen LogP contribution >= 0.6 is 0 Å². The van der Waals surface area contributed by atoms with Crippen LogP contribution in [0.3, 0.4) is 0 Å². The number of rotatable bonds is 14. The molecule has 10 heteroatoms. The molecule has 3 aromatic rings. The highest BCUT2D eigenvalue weighted by atomic mass is 19.4. The second kappa shape index (κ2) is 14.9. The van der Waals surface area contributed by atoms with Gasteiger partial charge in [0.05, 0.1) is 11.0 Å². The first kappa shape index (κ1) is 32.6. The summed E-state index contributed by atoms with van der Waals surface area (Å²) in [7, 11) is 0. The number of hydrogen-bond donors (Lipinski definition) is 1. The molecule has 0 unspecified atom stereocenters. The summed E-state index contributed by atoms with van der Waals surface area (Å²) < 4.78 is 44.0. The zero-order valence-electron chi connectivity index (χ0n) is 25.9. The number of carbonyl (C=O) groups is 1. The number of carbonyl (C=O) groups excluding carboxylic acids is 1. The van der Waals surface area contributed by atoms with Crippen LogP contribution in [0.2, 0.25) is 0 Å². The standard InChI is InChI=1S/C33H46F3N5O2/c1-24(2)15-21-40(22-16-25(3)4)31(42)26-9-14-29-30(23-26)41(20-8-19-39-17-6-5-7-18-39)32(38-29)37-27-10-12-28(13-11-27)43-33(34,35)36/h9-14,23-25H,5-8,15-22H2,1-4H3,(H,37,38). The number of aryl methyl sites for hydroxylation is 1. The zero-order valence-corrected chi connectivity index (χ0v) is 25.9. The van der Waals surface area contributed by atoms with Crippen molar-refractivity contribution >= 4 is 28.6 Å². The van der Waals surface area contributed by atoms with Gasteiger partial charge in [-0.05, 0) is 106 Å². The number of likely N-dealkylation sites (tertiary alicyclic amines) is 1. The Morgan fingerprint density at radius 2 is 1.60 bits per heavy atom. The van der Waals surface area contributed by atoms with E-state index < -0.39 is 6.36 Å². The van der Waals surface area contributed by atoms with Gasteiger partial charge >= 0.3 is 6.36 Å². The van der Waals surface area contributed by atoms with Gasteiger partial charge in [0.2, 0.25) is 5.95 Å². The third-order valence-electron chi connectivity index (χ3n) is 7.88. The third kappa shape index (κ3) is 9.88. The lowest BCUT2D eigenvalue weighted by molar-refractivity contribution is -0.274. The Morgan fingerprint density at radius 1 is 0.953 bits per heavy atom. The largest absolute Gasteiger partial charge is 0.573 e. The van der Waals surface area contributed by atoms with Crippen LogP contribution in [0.4, 0.5) is 24.8 Å². The maximum atomic E-state index is 13.8. The molecule has 0 aliphatic carbocycles. The first-order chi connectivity index (χ1) is 20.5. The van der Waals surface area contributed by atoms with Crippen molar-refractivity contribution in [3.8, 4) is 5.75 Å². The molecule has 4 rings (SSSR count).